The number of carboxylic acids is 1. The number of rotatable bonds is 7. The third-order valence-electron chi connectivity index (χ3n) is 2.80. The highest BCUT2D eigenvalue weighted by molar-refractivity contribution is 5.73. The van der Waals surface area contributed by atoms with Crippen LogP contribution < -0.4 is 0 Å². The molecule has 96 valence electrons. The van der Waals surface area contributed by atoms with Gasteiger partial charge in [-0.15, -0.1) is 0 Å². The fraction of sp³-hybridized carbons (Fsp3) is 0.917. The van der Waals surface area contributed by atoms with Crippen LogP contribution in [-0.4, -0.2) is 60.1 Å². The van der Waals surface area contributed by atoms with Crippen LogP contribution in [0.1, 0.15) is 27.7 Å². The Kier molecular flexibility index (Phi) is 6.60. The molecule has 0 aliphatic carbocycles. The van der Waals surface area contributed by atoms with E-state index in [0.717, 1.165) is 13.1 Å². The topological polar surface area (TPSA) is 43.8 Å². The Bertz CT molecular complexity index is 217. The number of aliphatic carboxylic acids is 1. The van der Waals surface area contributed by atoms with Crippen molar-refractivity contribution in [2.75, 3.05) is 27.2 Å². The van der Waals surface area contributed by atoms with E-state index in [9.17, 15) is 9.90 Å². The van der Waals surface area contributed by atoms with Crippen molar-refractivity contribution in [3.05, 3.63) is 0 Å². The fourth-order valence-corrected chi connectivity index (χ4v) is 2.23. The lowest BCUT2D eigenvalue weighted by Crippen LogP contribution is -2.51. The molecule has 0 saturated heterocycles. The molecule has 0 aromatic heterocycles. The van der Waals surface area contributed by atoms with Gasteiger partial charge in [0.25, 0.3) is 0 Å². The lowest BCUT2D eigenvalue weighted by Gasteiger charge is -2.36. The van der Waals surface area contributed by atoms with Crippen molar-refractivity contribution >= 4 is 5.97 Å². The summed E-state index contributed by atoms with van der Waals surface area (Å²) in [6.45, 7) is 9.68. The standard InChI is InChI=1S/C12H26N2O2/c1-7-14(10(4)8-13(5)6)11(9(2)3)12(15)16/h9-11H,7-8H2,1-6H3,(H,15,16). The van der Waals surface area contributed by atoms with Crippen LogP contribution in [0.4, 0.5) is 0 Å². The highest BCUT2D eigenvalue weighted by atomic mass is 16.4. The van der Waals surface area contributed by atoms with Gasteiger partial charge in [0, 0.05) is 12.6 Å². The van der Waals surface area contributed by atoms with Crippen molar-refractivity contribution in [2.45, 2.75) is 39.8 Å². The second-order valence-corrected chi connectivity index (χ2v) is 4.97. The molecule has 0 bridgehead atoms. The maximum absolute atomic E-state index is 11.3. The van der Waals surface area contributed by atoms with E-state index in [1.165, 1.54) is 0 Å². The summed E-state index contributed by atoms with van der Waals surface area (Å²) in [5.41, 5.74) is 0. The van der Waals surface area contributed by atoms with Crippen molar-refractivity contribution in [2.24, 2.45) is 5.92 Å². The van der Waals surface area contributed by atoms with Crippen molar-refractivity contribution < 1.29 is 9.90 Å². The average Bonchev–Trinajstić information content (AvgIpc) is 2.10. The smallest absolute Gasteiger partial charge is 0.321 e. The van der Waals surface area contributed by atoms with E-state index in [2.05, 4.69) is 16.7 Å². The Hall–Kier alpha value is -0.610. The number of carbonyl (C=O) groups is 1. The van der Waals surface area contributed by atoms with Crippen LogP contribution in [-0.2, 0) is 4.79 Å². The molecule has 0 amide bonds. The van der Waals surface area contributed by atoms with Gasteiger partial charge < -0.3 is 10.0 Å². The first kappa shape index (κ1) is 15.4. The van der Waals surface area contributed by atoms with Gasteiger partial charge in [0.1, 0.15) is 6.04 Å². The summed E-state index contributed by atoms with van der Waals surface area (Å²) >= 11 is 0. The Balaban J connectivity index is 4.72. The number of carboxylic acid groups (broad SMARTS) is 1. The number of hydrogen-bond donors (Lipinski definition) is 1. The molecule has 0 aliphatic heterocycles. The van der Waals surface area contributed by atoms with Gasteiger partial charge in [-0.3, -0.25) is 9.69 Å². The quantitative estimate of drug-likeness (QED) is 0.717. The zero-order valence-electron chi connectivity index (χ0n) is 11.4. The normalized spacial score (nSPS) is 15.8. The third kappa shape index (κ3) is 4.49. The molecule has 1 N–H and O–H groups in total. The predicted molar refractivity (Wildman–Crippen MR) is 66.7 cm³/mol. The van der Waals surface area contributed by atoms with Crippen LogP contribution in [0, 0.1) is 5.92 Å². The van der Waals surface area contributed by atoms with Crippen LogP contribution in [0.2, 0.25) is 0 Å². The molecule has 4 heteroatoms. The van der Waals surface area contributed by atoms with Gasteiger partial charge in [0.15, 0.2) is 0 Å². The second kappa shape index (κ2) is 6.86. The minimum Gasteiger partial charge on any atom is -0.480 e. The molecule has 4 nitrogen and oxygen atoms in total. The van der Waals surface area contributed by atoms with Crippen molar-refractivity contribution in [3.8, 4) is 0 Å². The van der Waals surface area contributed by atoms with Gasteiger partial charge >= 0.3 is 5.97 Å². The molecule has 0 aromatic carbocycles. The molecule has 2 unspecified atom stereocenters. The zero-order chi connectivity index (χ0) is 12.9. The van der Waals surface area contributed by atoms with Crippen molar-refractivity contribution in [3.63, 3.8) is 0 Å². The molecule has 0 spiro atoms. The molecule has 0 radical (unpaired) electrons. The highest BCUT2D eigenvalue weighted by Gasteiger charge is 2.30. The summed E-state index contributed by atoms with van der Waals surface area (Å²) in [5.74, 6) is -0.593. The minimum atomic E-state index is -0.720. The van der Waals surface area contributed by atoms with Gasteiger partial charge in [0.2, 0.25) is 0 Å². The Morgan fingerprint density at radius 3 is 2.00 bits per heavy atom. The van der Waals surface area contributed by atoms with Gasteiger partial charge in [0.05, 0.1) is 0 Å². The van der Waals surface area contributed by atoms with E-state index in [-0.39, 0.29) is 18.0 Å². The maximum atomic E-state index is 11.3. The largest absolute Gasteiger partial charge is 0.480 e. The first-order valence-electron chi connectivity index (χ1n) is 5.94. The molecule has 2 atom stereocenters. The maximum Gasteiger partial charge on any atom is 0.321 e. The van der Waals surface area contributed by atoms with E-state index in [1.54, 1.807) is 0 Å². The third-order valence-corrected chi connectivity index (χ3v) is 2.80. The SMILES string of the molecule is CCN(C(C)CN(C)C)C(C(=O)O)C(C)C. The summed E-state index contributed by atoms with van der Waals surface area (Å²) in [6, 6.07) is -0.136. The number of nitrogens with zero attached hydrogens (tertiary/aromatic N) is 2. The van der Waals surface area contributed by atoms with Gasteiger partial charge in [-0.2, -0.15) is 0 Å². The summed E-state index contributed by atoms with van der Waals surface area (Å²) < 4.78 is 0. The predicted octanol–water partition coefficient (Wildman–Crippen LogP) is 1.37. The summed E-state index contributed by atoms with van der Waals surface area (Å²) in [7, 11) is 4.02. The van der Waals surface area contributed by atoms with Crippen LogP contribution >= 0.6 is 0 Å². The van der Waals surface area contributed by atoms with Gasteiger partial charge in [-0.1, -0.05) is 20.8 Å². The monoisotopic (exact) mass is 230 g/mol. The number of hydrogen-bond acceptors (Lipinski definition) is 3. The van der Waals surface area contributed by atoms with Crippen molar-refractivity contribution in [1.82, 2.24) is 9.80 Å². The lowest BCUT2D eigenvalue weighted by molar-refractivity contribution is -0.146. The molecule has 0 heterocycles. The van der Waals surface area contributed by atoms with Crippen LogP contribution in [0.5, 0.6) is 0 Å². The molecule has 0 aromatic rings. The van der Waals surface area contributed by atoms with E-state index in [1.807, 2.05) is 34.9 Å². The van der Waals surface area contributed by atoms with Gasteiger partial charge in [-0.25, -0.2) is 0 Å². The van der Waals surface area contributed by atoms with E-state index in [0.29, 0.717) is 0 Å². The first-order valence-corrected chi connectivity index (χ1v) is 5.94. The molecule has 16 heavy (non-hydrogen) atoms. The van der Waals surface area contributed by atoms with Gasteiger partial charge in [-0.05, 0) is 33.5 Å². The molecular formula is C12H26N2O2. The molecular weight excluding hydrogens is 204 g/mol. The zero-order valence-corrected chi connectivity index (χ0v) is 11.4. The lowest BCUT2D eigenvalue weighted by atomic mass is 10.0. The van der Waals surface area contributed by atoms with Crippen LogP contribution in [0.15, 0.2) is 0 Å². The molecule has 0 rings (SSSR count). The van der Waals surface area contributed by atoms with E-state index < -0.39 is 5.97 Å². The first-order chi connectivity index (χ1) is 7.31. The Morgan fingerprint density at radius 1 is 1.25 bits per heavy atom. The number of likely N-dealkylation sites (N-methyl/N-ethyl adjacent to an activating group) is 2. The summed E-state index contributed by atoms with van der Waals surface area (Å²) in [5, 5.41) is 9.27. The second-order valence-electron chi connectivity index (χ2n) is 4.97. The fourth-order valence-electron chi connectivity index (χ4n) is 2.23. The van der Waals surface area contributed by atoms with Crippen LogP contribution in [0.3, 0.4) is 0 Å². The average molecular weight is 230 g/mol. The summed E-state index contributed by atoms with van der Waals surface area (Å²) in [6.07, 6.45) is 0. The molecule has 0 saturated carbocycles. The summed E-state index contributed by atoms with van der Waals surface area (Å²) in [4.78, 5) is 15.4. The van der Waals surface area contributed by atoms with E-state index >= 15 is 0 Å². The Labute approximate surface area is 99.2 Å². The molecule has 0 aliphatic rings. The highest BCUT2D eigenvalue weighted by Crippen LogP contribution is 2.14. The Morgan fingerprint density at radius 2 is 1.75 bits per heavy atom. The van der Waals surface area contributed by atoms with Crippen molar-refractivity contribution in [1.29, 1.82) is 0 Å². The molecule has 0 fully saturated rings. The minimum absolute atomic E-state index is 0.127. The van der Waals surface area contributed by atoms with Crippen LogP contribution in [0.25, 0.3) is 0 Å². The van der Waals surface area contributed by atoms with E-state index in [4.69, 9.17) is 0 Å².